The first-order chi connectivity index (χ1) is 11.6. The zero-order valence-electron chi connectivity index (χ0n) is 12.8. The number of ether oxygens (including phenoxy) is 1. The summed E-state index contributed by atoms with van der Waals surface area (Å²) in [6.07, 6.45) is 1.96. The zero-order chi connectivity index (χ0) is 16.7. The van der Waals surface area contributed by atoms with E-state index >= 15 is 0 Å². The van der Waals surface area contributed by atoms with E-state index in [0.717, 1.165) is 11.1 Å². The van der Waals surface area contributed by atoms with Crippen molar-refractivity contribution >= 4 is 17.6 Å². The van der Waals surface area contributed by atoms with E-state index < -0.39 is 5.97 Å². The molecule has 1 N–H and O–H groups in total. The van der Waals surface area contributed by atoms with E-state index in [1.165, 1.54) is 0 Å². The molecule has 0 bridgehead atoms. The van der Waals surface area contributed by atoms with E-state index in [1.54, 1.807) is 29.2 Å². The van der Waals surface area contributed by atoms with Gasteiger partial charge in [-0.1, -0.05) is 30.3 Å². The average molecular weight is 321 g/mol. The molecule has 0 spiro atoms. The largest absolute Gasteiger partial charge is 0.489 e. The fraction of sp³-hybridized carbons (Fsp3) is 0.158. The SMILES string of the molecule is O=C(O)c1cccc(COC2=CC3CN3C(=O)c3ccccc32)c1. The molecule has 2 aromatic carbocycles. The molecule has 0 saturated carbocycles. The summed E-state index contributed by atoms with van der Waals surface area (Å²) in [6, 6.07) is 14.2. The van der Waals surface area contributed by atoms with Crippen LogP contribution in [0, 0.1) is 0 Å². The average Bonchev–Trinajstić information content (AvgIpc) is 3.37. The highest BCUT2D eigenvalue weighted by molar-refractivity contribution is 6.01. The predicted molar refractivity (Wildman–Crippen MR) is 87.4 cm³/mol. The van der Waals surface area contributed by atoms with Crippen LogP contribution in [0.3, 0.4) is 0 Å². The Hall–Kier alpha value is -3.08. The lowest BCUT2D eigenvalue weighted by Crippen LogP contribution is -2.13. The van der Waals surface area contributed by atoms with E-state index in [1.807, 2.05) is 30.3 Å². The number of nitrogens with zero attached hydrogens (tertiary/aromatic N) is 1. The van der Waals surface area contributed by atoms with Crippen molar-refractivity contribution in [3.8, 4) is 0 Å². The number of carboxylic acids is 1. The van der Waals surface area contributed by atoms with Crippen molar-refractivity contribution < 1.29 is 19.4 Å². The van der Waals surface area contributed by atoms with Crippen LogP contribution in [0.1, 0.15) is 31.8 Å². The van der Waals surface area contributed by atoms with Crippen LogP contribution in [-0.2, 0) is 11.3 Å². The van der Waals surface area contributed by atoms with Crippen molar-refractivity contribution in [2.75, 3.05) is 6.54 Å². The first-order valence-electron chi connectivity index (χ1n) is 7.71. The van der Waals surface area contributed by atoms with Gasteiger partial charge in [-0.25, -0.2) is 4.79 Å². The highest BCUT2D eigenvalue weighted by Gasteiger charge is 2.41. The van der Waals surface area contributed by atoms with Crippen LogP contribution in [-0.4, -0.2) is 34.5 Å². The van der Waals surface area contributed by atoms with Gasteiger partial charge in [0.25, 0.3) is 5.91 Å². The number of aromatic carboxylic acids is 1. The van der Waals surface area contributed by atoms with E-state index in [4.69, 9.17) is 9.84 Å². The topological polar surface area (TPSA) is 66.6 Å². The molecule has 1 saturated heterocycles. The number of carbonyl (C=O) groups excluding carboxylic acids is 1. The lowest BCUT2D eigenvalue weighted by Gasteiger charge is -2.13. The zero-order valence-corrected chi connectivity index (χ0v) is 12.8. The molecule has 2 aliphatic rings. The van der Waals surface area contributed by atoms with Crippen LogP contribution in [0.2, 0.25) is 0 Å². The Morgan fingerprint density at radius 3 is 2.75 bits per heavy atom. The Morgan fingerprint density at radius 2 is 1.96 bits per heavy atom. The van der Waals surface area contributed by atoms with Crippen molar-refractivity contribution in [3.05, 3.63) is 76.9 Å². The van der Waals surface area contributed by atoms with Crippen LogP contribution in [0.25, 0.3) is 5.76 Å². The van der Waals surface area contributed by atoms with Gasteiger partial charge in [-0.2, -0.15) is 0 Å². The number of rotatable bonds is 4. The quantitative estimate of drug-likeness (QED) is 0.879. The van der Waals surface area contributed by atoms with E-state index in [9.17, 15) is 9.59 Å². The number of hydrogen-bond donors (Lipinski definition) is 1. The van der Waals surface area contributed by atoms with Crippen LogP contribution in [0.4, 0.5) is 0 Å². The Balaban J connectivity index is 1.60. The normalized spacial score (nSPS) is 18.2. The molecule has 2 aliphatic heterocycles. The lowest BCUT2D eigenvalue weighted by molar-refractivity contribution is 0.0696. The summed E-state index contributed by atoms with van der Waals surface area (Å²) >= 11 is 0. The van der Waals surface area contributed by atoms with Gasteiger partial charge in [-0.3, -0.25) is 4.79 Å². The van der Waals surface area contributed by atoms with Crippen molar-refractivity contribution in [1.29, 1.82) is 0 Å². The monoisotopic (exact) mass is 321 g/mol. The second kappa shape index (κ2) is 5.53. The van der Waals surface area contributed by atoms with E-state index in [-0.39, 0.29) is 24.1 Å². The number of hydrogen-bond acceptors (Lipinski definition) is 3. The fourth-order valence-electron chi connectivity index (χ4n) is 2.92. The molecule has 0 radical (unpaired) electrons. The van der Waals surface area contributed by atoms with Gasteiger partial charge in [0.2, 0.25) is 0 Å². The summed E-state index contributed by atoms with van der Waals surface area (Å²) in [5.41, 5.74) is 2.43. The maximum absolute atomic E-state index is 12.4. The summed E-state index contributed by atoms with van der Waals surface area (Å²) in [6.45, 7) is 0.969. The third-order valence-electron chi connectivity index (χ3n) is 4.25. The van der Waals surface area contributed by atoms with Crippen LogP contribution in [0.15, 0.2) is 54.6 Å². The van der Waals surface area contributed by atoms with E-state index in [2.05, 4.69) is 0 Å². The second-order valence-corrected chi connectivity index (χ2v) is 5.90. The van der Waals surface area contributed by atoms with Gasteiger partial charge in [0.1, 0.15) is 12.4 Å². The summed E-state index contributed by atoms with van der Waals surface area (Å²) in [5, 5.41) is 9.07. The third-order valence-corrected chi connectivity index (χ3v) is 4.25. The summed E-state index contributed by atoms with van der Waals surface area (Å²) in [7, 11) is 0. The van der Waals surface area contributed by atoms with Gasteiger partial charge in [-0.15, -0.1) is 0 Å². The van der Waals surface area contributed by atoms with Gasteiger partial charge in [0.05, 0.1) is 17.2 Å². The summed E-state index contributed by atoms with van der Waals surface area (Å²) in [5.74, 6) is -0.266. The fourth-order valence-corrected chi connectivity index (χ4v) is 2.92. The Labute approximate surface area is 138 Å². The van der Waals surface area contributed by atoms with Gasteiger partial charge in [-0.05, 0) is 29.8 Å². The molecule has 1 atom stereocenters. The molecule has 1 fully saturated rings. The van der Waals surface area contributed by atoms with Crippen molar-refractivity contribution in [2.45, 2.75) is 12.6 Å². The van der Waals surface area contributed by atoms with Gasteiger partial charge in [0, 0.05) is 12.1 Å². The Bertz CT molecular complexity index is 871. The lowest BCUT2D eigenvalue weighted by atomic mass is 10.0. The number of carbonyl (C=O) groups is 2. The van der Waals surface area contributed by atoms with Crippen LogP contribution < -0.4 is 0 Å². The van der Waals surface area contributed by atoms with Gasteiger partial charge < -0.3 is 14.7 Å². The maximum Gasteiger partial charge on any atom is 0.335 e. The number of fused-ring (bicyclic) bond motifs is 2. The Kier molecular flexibility index (Phi) is 3.34. The predicted octanol–water partition coefficient (Wildman–Crippen LogP) is 2.78. The highest BCUT2D eigenvalue weighted by Crippen LogP contribution is 2.34. The molecule has 5 nitrogen and oxygen atoms in total. The van der Waals surface area contributed by atoms with Crippen LogP contribution in [0.5, 0.6) is 0 Å². The van der Waals surface area contributed by atoms with Crippen molar-refractivity contribution in [1.82, 2.24) is 4.90 Å². The molecule has 0 aliphatic carbocycles. The van der Waals surface area contributed by atoms with Gasteiger partial charge >= 0.3 is 5.97 Å². The van der Waals surface area contributed by atoms with E-state index in [0.29, 0.717) is 17.9 Å². The summed E-state index contributed by atoms with van der Waals surface area (Å²) < 4.78 is 5.94. The number of amides is 1. The van der Waals surface area contributed by atoms with Crippen molar-refractivity contribution in [2.24, 2.45) is 0 Å². The first-order valence-corrected chi connectivity index (χ1v) is 7.71. The molecule has 2 aromatic rings. The minimum absolute atomic E-state index is 0.0262. The standard InChI is InChI=1S/C19H15NO4/c21-18-16-7-2-1-6-15(16)17(9-14-10-20(14)18)24-11-12-4-3-5-13(8-12)19(22)23/h1-9,14H,10-11H2,(H,22,23). The molecule has 2 heterocycles. The molecule has 1 unspecified atom stereocenters. The molecular formula is C19H15NO4. The van der Waals surface area contributed by atoms with Gasteiger partial charge in [0.15, 0.2) is 0 Å². The molecule has 4 rings (SSSR count). The highest BCUT2D eigenvalue weighted by atomic mass is 16.5. The third kappa shape index (κ3) is 2.54. The summed E-state index contributed by atoms with van der Waals surface area (Å²) in [4.78, 5) is 25.2. The van der Waals surface area contributed by atoms with Crippen LogP contribution >= 0.6 is 0 Å². The number of benzene rings is 2. The minimum Gasteiger partial charge on any atom is -0.489 e. The number of carboxylic acid groups (broad SMARTS) is 1. The minimum atomic E-state index is -0.963. The Morgan fingerprint density at radius 1 is 1.17 bits per heavy atom. The molecule has 120 valence electrons. The molecule has 0 aromatic heterocycles. The molecular weight excluding hydrogens is 306 g/mol. The second-order valence-electron chi connectivity index (χ2n) is 5.90. The maximum atomic E-state index is 12.4. The molecule has 24 heavy (non-hydrogen) atoms. The first kappa shape index (κ1) is 14.5. The van der Waals surface area contributed by atoms with Crippen molar-refractivity contribution in [3.63, 3.8) is 0 Å². The molecule has 1 amide bonds. The molecule has 5 heteroatoms. The smallest absolute Gasteiger partial charge is 0.335 e.